The maximum absolute atomic E-state index is 6.36. The summed E-state index contributed by atoms with van der Waals surface area (Å²) >= 11 is 19.9. The fraction of sp³-hybridized carbons (Fsp3) is 0.250. The van der Waals surface area contributed by atoms with E-state index in [1.165, 1.54) is 0 Å². The molecule has 1 unspecified atom stereocenters. The Morgan fingerprint density at radius 3 is 2.38 bits per heavy atom. The highest BCUT2D eigenvalue weighted by atomic mass is 35.5. The van der Waals surface area contributed by atoms with Crippen molar-refractivity contribution in [2.24, 2.45) is 5.73 Å². The number of rotatable bonds is 5. The van der Waals surface area contributed by atoms with Crippen molar-refractivity contribution < 1.29 is 0 Å². The highest BCUT2D eigenvalue weighted by Gasteiger charge is 2.08. The quantitative estimate of drug-likeness (QED) is 0.699. The summed E-state index contributed by atoms with van der Waals surface area (Å²) in [6.45, 7) is 2.08. The first-order valence-electron chi connectivity index (χ1n) is 6.66. The highest BCUT2D eigenvalue weighted by Crippen LogP contribution is 2.36. The molecule has 1 nitrogen and oxygen atoms in total. The lowest BCUT2D eigenvalue weighted by molar-refractivity contribution is 0.646. The number of hydrogen-bond donors (Lipinski definition) is 1. The average Bonchev–Trinajstić information content (AvgIpc) is 2.45. The minimum absolute atomic E-state index is 0.176. The summed E-state index contributed by atoms with van der Waals surface area (Å²) in [7, 11) is 0. The first-order chi connectivity index (χ1) is 9.99. The van der Waals surface area contributed by atoms with Gasteiger partial charge in [-0.15, -0.1) is 0 Å². The van der Waals surface area contributed by atoms with Crippen LogP contribution < -0.4 is 5.73 Å². The van der Waals surface area contributed by atoms with E-state index in [1.54, 1.807) is 17.8 Å². The summed E-state index contributed by atoms with van der Waals surface area (Å²) in [5.41, 5.74) is 7.13. The molecule has 2 aromatic carbocycles. The van der Waals surface area contributed by atoms with Crippen molar-refractivity contribution in [1.82, 2.24) is 0 Å². The van der Waals surface area contributed by atoms with Crippen LogP contribution in [-0.4, -0.2) is 6.04 Å². The largest absolute Gasteiger partial charge is 0.327 e. The van der Waals surface area contributed by atoms with Gasteiger partial charge in [-0.2, -0.15) is 0 Å². The number of nitrogens with two attached hydrogens (primary N) is 1. The van der Waals surface area contributed by atoms with Gasteiger partial charge in [-0.05, 0) is 48.7 Å². The molecule has 0 aliphatic heterocycles. The Morgan fingerprint density at radius 1 is 1.00 bits per heavy atom. The summed E-state index contributed by atoms with van der Waals surface area (Å²) in [5.74, 6) is 0. The Morgan fingerprint density at radius 2 is 1.76 bits per heavy atom. The van der Waals surface area contributed by atoms with E-state index in [1.807, 2.05) is 24.3 Å². The zero-order valence-electron chi connectivity index (χ0n) is 11.6. The van der Waals surface area contributed by atoms with Crippen molar-refractivity contribution in [2.75, 3.05) is 0 Å². The molecule has 0 radical (unpaired) electrons. The molecule has 0 bridgehead atoms. The van der Waals surface area contributed by atoms with Crippen LogP contribution in [0.3, 0.4) is 0 Å². The van der Waals surface area contributed by atoms with E-state index >= 15 is 0 Å². The number of halogens is 3. The van der Waals surface area contributed by atoms with Crippen LogP contribution in [0, 0.1) is 0 Å². The maximum Gasteiger partial charge on any atom is 0.0603 e. The van der Waals surface area contributed by atoms with Gasteiger partial charge in [0.1, 0.15) is 0 Å². The third-order valence-corrected chi connectivity index (χ3v) is 5.37. The molecule has 0 aromatic heterocycles. The first kappa shape index (κ1) is 17.0. The van der Waals surface area contributed by atoms with Gasteiger partial charge in [-0.25, -0.2) is 0 Å². The van der Waals surface area contributed by atoms with Crippen LogP contribution in [0.15, 0.2) is 46.2 Å². The van der Waals surface area contributed by atoms with Crippen LogP contribution in [-0.2, 0) is 6.42 Å². The lowest BCUT2D eigenvalue weighted by atomic mass is 10.1. The van der Waals surface area contributed by atoms with Gasteiger partial charge in [-0.3, -0.25) is 0 Å². The lowest BCUT2D eigenvalue weighted by Gasteiger charge is -2.11. The van der Waals surface area contributed by atoms with Crippen molar-refractivity contribution in [3.05, 3.63) is 57.0 Å². The molecule has 0 aliphatic carbocycles. The van der Waals surface area contributed by atoms with Crippen molar-refractivity contribution >= 4 is 46.6 Å². The normalized spacial score (nSPS) is 12.4. The highest BCUT2D eigenvalue weighted by molar-refractivity contribution is 7.99. The molecular formula is C16H16Cl3NS. The standard InChI is InChI=1S/C16H16Cl3NS/c1-2-11(20)7-10-3-6-16(15(19)8-10)21-12-4-5-13(17)14(18)9-12/h3-6,8-9,11H,2,7,20H2,1H3. The molecule has 2 N–H and O–H groups in total. The third kappa shape index (κ3) is 4.80. The van der Waals surface area contributed by atoms with Crippen LogP contribution >= 0.6 is 46.6 Å². The Labute approximate surface area is 144 Å². The number of hydrogen-bond acceptors (Lipinski definition) is 2. The summed E-state index contributed by atoms with van der Waals surface area (Å²) in [4.78, 5) is 1.99. The van der Waals surface area contributed by atoms with Crippen molar-refractivity contribution in [2.45, 2.75) is 35.6 Å². The van der Waals surface area contributed by atoms with E-state index in [0.29, 0.717) is 10.0 Å². The van der Waals surface area contributed by atoms with Gasteiger partial charge in [0.25, 0.3) is 0 Å². The van der Waals surface area contributed by atoms with E-state index in [-0.39, 0.29) is 6.04 Å². The zero-order valence-corrected chi connectivity index (χ0v) is 14.7. The van der Waals surface area contributed by atoms with E-state index in [4.69, 9.17) is 40.5 Å². The van der Waals surface area contributed by atoms with Crippen LogP contribution in [0.2, 0.25) is 15.1 Å². The molecule has 0 amide bonds. The predicted molar refractivity (Wildman–Crippen MR) is 94.0 cm³/mol. The Balaban J connectivity index is 2.15. The predicted octanol–water partition coefficient (Wildman–Crippen LogP) is 6.08. The van der Waals surface area contributed by atoms with Gasteiger partial charge < -0.3 is 5.73 Å². The van der Waals surface area contributed by atoms with Gasteiger partial charge in [0.2, 0.25) is 0 Å². The second-order valence-corrected chi connectivity index (χ2v) is 7.15. The zero-order chi connectivity index (χ0) is 15.4. The smallest absolute Gasteiger partial charge is 0.0603 e. The summed E-state index contributed by atoms with van der Waals surface area (Å²) in [6, 6.07) is 11.8. The van der Waals surface area contributed by atoms with Gasteiger partial charge in [0, 0.05) is 15.8 Å². The first-order valence-corrected chi connectivity index (χ1v) is 8.61. The van der Waals surface area contributed by atoms with Crippen LogP contribution in [0.1, 0.15) is 18.9 Å². The molecule has 21 heavy (non-hydrogen) atoms. The van der Waals surface area contributed by atoms with Crippen LogP contribution in [0.4, 0.5) is 0 Å². The van der Waals surface area contributed by atoms with Crippen molar-refractivity contribution in [3.8, 4) is 0 Å². The topological polar surface area (TPSA) is 26.0 Å². The monoisotopic (exact) mass is 359 g/mol. The third-order valence-electron chi connectivity index (χ3n) is 3.14. The van der Waals surface area contributed by atoms with Crippen LogP contribution in [0.5, 0.6) is 0 Å². The molecule has 2 rings (SSSR count). The minimum atomic E-state index is 0.176. The molecule has 0 saturated heterocycles. The Bertz CT molecular complexity index is 631. The molecule has 0 aliphatic rings. The molecule has 0 heterocycles. The molecule has 0 fully saturated rings. The Hall–Kier alpha value is -0.380. The minimum Gasteiger partial charge on any atom is -0.327 e. The molecule has 1 atom stereocenters. The molecule has 0 saturated carbocycles. The fourth-order valence-electron chi connectivity index (χ4n) is 1.87. The second kappa shape index (κ2) is 7.75. The average molecular weight is 361 g/mol. The summed E-state index contributed by atoms with van der Waals surface area (Å²) in [6.07, 6.45) is 1.80. The molecule has 2 aromatic rings. The number of benzene rings is 2. The van der Waals surface area contributed by atoms with Gasteiger partial charge in [0.05, 0.1) is 15.1 Å². The van der Waals surface area contributed by atoms with Crippen molar-refractivity contribution in [3.63, 3.8) is 0 Å². The molecule has 112 valence electrons. The van der Waals surface area contributed by atoms with Crippen LogP contribution in [0.25, 0.3) is 0 Å². The SMILES string of the molecule is CCC(N)Cc1ccc(Sc2ccc(Cl)c(Cl)c2)c(Cl)c1. The Kier molecular flexibility index (Phi) is 6.27. The van der Waals surface area contributed by atoms with E-state index in [2.05, 4.69) is 13.0 Å². The molecule has 0 spiro atoms. The van der Waals surface area contributed by atoms with E-state index in [9.17, 15) is 0 Å². The maximum atomic E-state index is 6.36. The van der Waals surface area contributed by atoms with E-state index < -0.39 is 0 Å². The molecular weight excluding hydrogens is 345 g/mol. The summed E-state index contributed by atoms with van der Waals surface area (Å²) < 4.78 is 0. The second-order valence-electron chi connectivity index (χ2n) is 4.82. The summed E-state index contributed by atoms with van der Waals surface area (Å²) in [5, 5.41) is 1.83. The van der Waals surface area contributed by atoms with Gasteiger partial charge in [0.15, 0.2) is 0 Å². The molecule has 5 heteroatoms. The lowest BCUT2D eigenvalue weighted by Crippen LogP contribution is -2.21. The van der Waals surface area contributed by atoms with Gasteiger partial charge >= 0.3 is 0 Å². The fourth-order valence-corrected chi connectivity index (χ4v) is 3.41. The van der Waals surface area contributed by atoms with Gasteiger partial charge in [-0.1, -0.05) is 59.6 Å². The van der Waals surface area contributed by atoms with Crippen molar-refractivity contribution in [1.29, 1.82) is 0 Å². The van der Waals surface area contributed by atoms with E-state index in [0.717, 1.165) is 33.2 Å².